The Morgan fingerprint density at radius 1 is 1.23 bits per heavy atom. The number of nitrogens with zero attached hydrogens (tertiary/aromatic N) is 1. The average molecular weight is 352 g/mol. The summed E-state index contributed by atoms with van der Waals surface area (Å²) >= 11 is 0. The number of anilines is 2. The molecule has 6 heteroatoms. The lowest BCUT2D eigenvalue weighted by molar-refractivity contribution is -0.125. The van der Waals surface area contributed by atoms with Crippen molar-refractivity contribution in [2.45, 2.75) is 26.8 Å². The van der Waals surface area contributed by atoms with Gasteiger partial charge in [0, 0.05) is 11.3 Å². The minimum atomic E-state index is -0.757. The zero-order valence-corrected chi connectivity index (χ0v) is 14.9. The van der Waals surface area contributed by atoms with Crippen molar-refractivity contribution in [1.29, 1.82) is 0 Å². The number of carbonyl (C=O) groups is 3. The van der Waals surface area contributed by atoms with Crippen molar-refractivity contribution < 1.29 is 19.1 Å². The lowest BCUT2D eigenvalue weighted by Crippen LogP contribution is -2.49. The molecule has 0 fully saturated rings. The van der Waals surface area contributed by atoms with E-state index < -0.39 is 6.04 Å². The molecule has 2 aromatic rings. The summed E-state index contributed by atoms with van der Waals surface area (Å²) in [6, 6.07) is 9.83. The molecule has 1 heterocycles. The molecule has 0 bridgehead atoms. The van der Waals surface area contributed by atoms with Gasteiger partial charge < -0.3 is 10.1 Å². The zero-order valence-electron chi connectivity index (χ0n) is 14.9. The molecular weight excluding hydrogens is 332 g/mol. The second-order valence-electron chi connectivity index (χ2n) is 6.38. The van der Waals surface area contributed by atoms with Crippen LogP contribution in [0.2, 0.25) is 0 Å². The van der Waals surface area contributed by atoms with E-state index in [9.17, 15) is 14.4 Å². The molecule has 26 heavy (non-hydrogen) atoms. The van der Waals surface area contributed by atoms with Gasteiger partial charge in [-0.05, 0) is 56.2 Å². The van der Waals surface area contributed by atoms with Crippen molar-refractivity contribution in [1.82, 2.24) is 0 Å². The van der Waals surface area contributed by atoms with Crippen LogP contribution >= 0.6 is 0 Å². The fraction of sp³-hybridized carbons (Fsp3) is 0.250. The number of hydrogen-bond donors (Lipinski definition) is 1. The third-order valence-electron chi connectivity index (χ3n) is 4.42. The first-order chi connectivity index (χ1) is 12.4. The molecule has 1 atom stereocenters. The Labute approximate surface area is 151 Å². The second kappa shape index (κ2) is 7.00. The topological polar surface area (TPSA) is 75.7 Å². The number of hydrogen-bond acceptors (Lipinski definition) is 4. The van der Waals surface area contributed by atoms with Gasteiger partial charge in [0.05, 0.1) is 5.69 Å². The number of aldehydes is 1. The van der Waals surface area contributed by atoms with Crippen LogP contribution in [0.1, 0.15) is 28.4 Å². The van der Waals surface area contributed by atoms with E-state index in [0.29, 0.717) is 29.0 Å². The van der Waals surface area contributed by atoms with Crippen LogP contribution in [0.5, 0.6) is 5.75 Å². The van der Waals surface area contributed by atoms with Gasteiger partial charge in [0.1, 0.15) is 18.1 Å². The van der Waals surface area contributed by atoms with E-state index in [0.717, 1.165) is 11.1 Å². The molecule has 134 valence electrons. The van der Waals surface area contributed by atoms with Gasteiger partial charge in [-0.25, -0.2) is 0 Å². The second-order valence-corrected chi connectivity index (χ2v) is 6.38. The summed E-state index contributed by atoms with van der Waals surface area (Å²) in [5.74, 6) is -0.165. The minimum Gasteiger partial charge on any atom is -0.482 e. The largest absolute Gasteiger partial charge is 0.482 e. The summed E-state index contributed by atoms with van der Waals surface area (Å²) < 4.78 is 5.41. The Morgan fingerprint density at radius 2 is 2.00 bits per heavy atom. The van der Waals surface area contributed by atoms with Crippen LogP contribution < -0.4 is 15.0 Å². The Hall–Kier alpha value is -3.15. The summed E-state index contributed by atoms with van der Waals surface area (Å²) in [5.41, 5.74) is 3.52. The minimum absolute atomic E-state index is 0.144. The summed E-state index contributed by atoms with van der Waals surface area (Å²) in [4.78, 5) is 37.6. The van der Waals surface area contributed by atoms with E-state index in [1.54, 1.807) is 25.1 Å². The van der Waals surface area contributed by atoms with Crippen LogP contribution in [0.25, 0.3) is 0 Å². The van der Waals surface area contributed by atoms with E-state index >= 15 is 0 Å². The molecule has 0 saturated carbocycles. The molecule has 0 aliphatic carbocycles. The van der Waals surface area contributed by atoms with E-state index in [1.807, 2.05) is 32.0 Å². The van der Waals surface area contributed by atoms with Gasteiger partial charge in [0.25, 0.3) is 5.91 Å². The quantitative estimate of drug-likeness (QED) is 0.859. The number of rotatable bonds is 4. The zero-order chi connectivity index (χ0) is 18.8. The molecule has 2 aromatic carbocycles. The molecule has 0 aromatic heterocycles. The van der Waals surface area contributed by atoms with Crippen LogP contribution in [0.15, 0.2) is 36.4 Å². The van der Waals surface area contributed by atoms with Crippen LogP contribution in [-0.2, 0) is 9.59 Å². The SMILES string of the molecule is Cc1ccc(C)c(NC(=O)C(C)N2C(=O)COc3ccc(C=O)cc32)c1. The fourth-order valence-electron chi connectivity index (χ4n) is 2.91. The fourth-order valence-corrected chi connectivity index (χ4v) is 2.91. The first kappa shape index (κ1) is 17.7. The van der Waals surface area contributed by atoms with E-state index in [1.165, 1.54) is 4.90 Å². The molecule has 0 spiro atoms. The van der Waals surface area contributed by atoms with E-state index in [2.05, 4.69) is 5.32 Å². The lowest BCUT2D eigenvalue weighted by Gasteiger charge is -2.33. The molecule has 1 aliphatic heterocycles. The van der Waals surface area contributed by atoms with Gasteiger partial charge in [-0.15, -0.1) is 0 Å². The number of amides is 2. The molecule has 1 aliphatic rings. The van der Waals surface area contributed by atoms with Crippen LogP contribution in [0.4, 0.5) is 11.4 Å². The molecule has 6 nitrogen and oxygen atoms in total. The van der Waals surface area contributed by atoms with E-state index in [4.69, 9.17) is 4.74 Å². The number of ether oxygens (including phenoxy) is 1. The number of carbonyl (C=O) groups excluding carboxylic acids is 3. The third-order valence-corrected chi connectivity index (χ3v) is 4.42. The van der Waals surface area contributed by atoms with Crippen LogP contribution in [0, 0.1) is 13.8 Å². The molecule has 1 N–H and O–H groups in total. The maximum atomic E-state index is 12.8. The van der Waals surface area contributed by atoms with Crippen molar-refractivity contribution >= 4 is 29.5 Å². The highest BCUT2D eigenvalue weighted by atomic mass is 16.5. The number of nitrogens with one attached hydrogen (secondary N) is 1. The first-order valence-electron chi connectivity index (χ1n) is 8.33. The van der Waals surface area contributed by atoms with Crippen LogP contribution in [-0.4, -0.2) is 30.7 Å². The number of benzene rings is 2. The number of aryl methyl sites for hydroxylation is 2. The maximum absolute atomic E-state index is 12.8. The van der Waals surface area contributed by atoms with Gasteiger partial charge in [0.15, 0.2) is 6.61 Å². The van der Waals surface area contributed by atoms with Gasteiger partial charge in [-0.2, -0.15) is 0 Å². The number of fused-ring (bicyclic) bond motifs is 1. The Bertz CT molecular complexity index is 891. The highest BCUT2D eigenvalue weighted by molar-refractivity contribution is 6.07. The highest BCUT2D eigenvalue weighted by Gasteiger charge is 2.33. The van der Waals surface area contributed by atoms with Crippen molar-refractivity contribution in [3.05, 3.63) is 53.1 Å². The molecule has 1 unspecified atom stereocenters. The average Bonchev–Trinajstić information content (AvgIpc) is 2.63. The van der Waals surface area contributed by atoms with Gasteiger partial charge in [0.2, 0.25) is 5.91 Å². The summed E-state index contributed by atoms with van der Waals surface area (Å²) in [7, 11) is 0. The lowest BCUT2D eigenvalue weighted by atomic mass is 10.1. The Kier molecular flexibility index (Phi) is 4.75. The summed E-state index contributed by atoms with van der Waals surface area (Å²) in [6.07, 6.45) is 0.693. The summed E-state index contributed by atoms with van der Waals surface area (Å²) in [5, 5.41) is 2.88. The predicted molar refractivity (Wildman–Crippen MR) is 98.8 cm³/mol. The normalized spacial score (nSPS) is 14.3. The van der Waals surface area contributed by atoms with Crippen molar-refractivity contribution in [3.8, 4) is 5.75 Å². The maximum Gasteiger partial charge on any atom is 0.265 e. The van der Waals surface area contributed by atoms with E-state index in [-0.39, 0.29) is 18.4 Å². The predicted octanol–water partition coefficient (Wildman–Crippen LogP) is 2.87. The van der Waals surface area contributed by atoms with Crippen molar-refractivity contribution in [2.75, 3.05) is 16.8 Å². The molecular formula is C20H20N2O4. The standard InChI is InChI=1S/C20H20N2O4/c1-12-4-5-13(2)16(8-12)21-20(25)14(3)22-17-9-15(10-23)6-7-18(17)26-11-19(22)24/h4-10,14H,11H2,1-3H3,(H,21,25). The van der Waals surface area contributed by atoms with Gasteiger partial charge in [-0.1, -0.05) is 12.1 Å². The Morgan fingerprint density at radius 3 is 2.73 bits per heavy atom. The first-order valence-corrected chi connectivity index (χ1v) is 8.33. The molecule has 0 radical (unpaired) electrons. The molecule has 0 saturated heterocycles. The van der Waals surface area contributed by atoms with Crippen LogP contribution in [0.3, 0.4) is 0 Å². The monoisotopic (exact) mass is 352 g/mol. The van der Waals surface area contributed by atoms with Crippen molar-refractivity contribution in [3.63, 3.8) is 0 Å². The molecule has 2 amide bonds. The third kappa shape index (κ3) is 3.31. The van der Waals surface area contributed by atoms with Crippen molar-refractivity contribution in [2.24, 2.45) is 0 Å². The van der Waals surface area contributed by atoms with Gasteiger partial charge in [-0.3, -0.25) is 19.3 Å². The highest BCUT2D eigenvalue weighted by Crippen LogP contribution is 2.34. The van der Waals surface area contributed by atoms with Gasteiger partial charge >= 0.3 is 0 Å². The Balaban J connectivity index is 1.90. The molecule has 3 rings (SSSR count). The summed E-state index contributed by atoms with van der Waals surface area (Å²) in [6.45, 7) is 5.36. The smallest absolute Gasteiger partial charge is 0.265 e.